The minimum atomic E-state index is -3.56. The molecule has 1 aliphatic carbocycles. The van der Waals surface area contributed by atoms with Crippen molar-refractivity contribution in [2.75, 3.05) is 18.9 Å². The molecule has 0 radical (unpaired) electrons. The van der Waals surface area contributed by atoms with Crippen LogP contribution < -0.4 is 4.72 Å². The maximum absolute atomic E-state index is 11.8. The molecule has 20 heavy (non-hydrogen) atoms. The van der Waals surface area contributed by atoms with Crippen LogP contribution in [0.1, 0.15) is 51.9 Å². The van der Waals surface area contributed by atoms with E-state index in [-0.39, 0.29) is 25.3 Å². The summed E-state index contributed by atoms with van der Waals surface area (Å²) in [6, 6.07) is 0. The average molecular weight is 307 g/mol. The van der Waals surface area contributed by atoms with E-state index in [0.29, 0.717) is 12.8 Å². The van der Waals surface area contributed by atoms with Gasteiger partial charge in [0.2, 0.25) is 10.0 Å². The summed E-state index contributed by atoms with van der Waals surface area (Å²) in [5.41, 5.74) is -0.951. The Kier molecular flexibility index (Phi) is 6.91. The molecule has 6 nitrogen and oxygen atoms in total. The molecular weight excluding hydrogens is 282 g/mol. The van der Waals surface area contributed by atoms with Gasteiger partial charge < -0.3 is 9.84 Å². The van der Waals surface area contributed by atoms with Crippen LogP contribution in [0.25, 0.3) is 0 Å². The highest BCUT2D eigenvalue weighted by molar-refractivity contribution is 7.89. The molecule has 1 fully saturated rings. The Morgan fingerprint density at radius 1 is 1.25 bits per heavy atom. The van der Waals surface area contributed by atoms with E-state index in [4.69, 9.17) is 0 Å². The van der Waals surface area contributed by atoms with Gasteiger partial charge in [0.25, 0.3) is 0 Å². The number of hydrogen-bond acceptors (Lipinski definition) is 5. The predicted molar refractivity (Wildman–Crippen MR) is 75.7 cm³/mol. The zero-order valence-corrected chi connectivity index (χ0v) is 12.9. The van der Waals surface area contributed by atoms with Crippen molar-refractivity contribution in [3.05, 3.63) is 0 Å². The molecule has 1 rings (SSSR count). The number of aliphatic hydroxyl groups is 1. The molecule has 0 aromatic rings. The van der Waals surface area contributed by atoms with Gasteiger partial charge in [-0.05, 0) is 19.8 Å². The largest absolute Gasteiger partial charge is 0.466 e. The van der Waals surface area contributed by atoms with Gasteiger partial charge in [-0.1, -0.05) is 25.7 Å². The highest BCUT2D eigenvalue weighted by atomic mass is 32.2. The summed E-state index contributed by atoms with van der Waals surface area (Å²) < 4.78 is 30.7. The summed E-state index contributed by atoms with van der Waals surface area (Å²) in [6.07, 6.45) is 5.07. The summed E-state index contributed by atoms with van der Waals surface area (Å²) in [7, 11) is -3.56. The van der Waals surface area contributed by atoms with Crippen molar-refractivity contribution in [2.45, 2.75) is 57.5 Å². The van der Waals surface area contributed by atoms with Gasteiger partial charge in [-0.15, -0.1) is 0 Å². The summed E-state index contributed by atoms with van der Waals surface area (Å²) >= 11 is 0. The number of rotatable bonds is 7. The molecule has 1 aliphatic rings. The van der Waals surface area contributed by atoms with Gasteiger partial charge in [-0.2, -0.15) is 0 Å². The Morgan fingerprint density at radius 2 is 1.85 bits per heavy atom. The van der Waals surface area contributed by atoms with Crippen LogP contribution in [0.4, 0.5) is 0 Å². The van der Waals surface area contributed by atoms with Crippen LogP contribution in [-0.2, 0) is 19.6 Å². The maximum atomic E-state index is 11.8. The van der Waals surface area contributed by atoms with Gasteiger partial charge in [-0.25, -0.2) is 13.1 Å². The number of carbonyl (C=O) groups excluding carboxylic acids is 1. The molecule has 0 amide bonds. The predicted octanol–water partition coefficient (Wildman–Crippen LogP) is 0.944. The first-order chi connectivity index (χ1) is 9.37. The summed E-state index contributed by atoms with van der Waals surface area (Å²) in [5, 5.41) is 10.4. The number of carbonyl (C=O) groups is 1. The fourth-order valence-corrected chi connectivity index (χ4v) is 3.40. The molecule has 0 heterocycles. The second-order valence-electron chi connectivity index (χ2n) is 5.33. The molecule has 0 aliphatic heterocycles. The summed E-state index contributed by atoms with van der Waals surface area (Å²) in [6.45, 7) is 1.94. The molecule has 2 N–H and O–H groups in total. The van der Waals surface area contributed by atoms with Gasteiger partial charge in [0, 0.05) is 6.54 Å². The van der Waals surface area contributed by atoms with Gasteiger partial charge in [0.05, 0.1) is 24.4 Å². The molecule has 1 saturated carbocycles. The van der Waals surface area contributed by atoms with Crippen molar-refractivity contribution in [3.8, 4) is 0 Å². The van der Waals surface area contributed by atoms with E-state index in [1.165, 1.54) is 0 Å². The summed E-state index contributed by atoms with van der Waals surface area (Å²) in [4.78, 5) is 11.1. The van der Waals surface area contributed by atoms with Crippen molar-refractivity contribution >= 4 is 16.0 Å². The standard InChI is InChI=1S/C13H25NO5S/c1-2-19-12(15)7-10-20(17,18)14-11-13(16)8-5-3-4-6-9-13/h14,16H,2-11H2,1H3. The minimum Gasteiger partial charge on any atom is -0.466 e. The van der Waals surface area contributed by atoms with Crippen molar-refractivity contribution < 1.29 is 23.1 Å². The molecule has 0 bridgehead atoms. The molecule has 0 unspecified atom stereocenters. The van der Waals surface area contributed by atoms with Gasteiger partial charge in [0.1, 0.15) is 0 Å². The Labute approximate surface area is 120 Å². The SMILES string of the molecule is CCOC(=O)CCS(=O)(=O)NCC1(O)CCCCCC1. The zero-order chi connectivity index (χ0) is 15.1. The Bertz CT molecular complexity index is 399. The second kappa shape index (κ2) is 7.95. The molecule has 0 spiro atoms. The van der Waals surface area contributed by atoms with E-state index in [9.17, 15) is 18.3 Å². The Balaban J connectivity index is 2.39. The third-order valence-corrected chi connectivity index (χ3v) is 4.86. The molecule has 0 aromatic heterocycles. The highest BCUT2D eigenvalue weighted by Crippen LogP contribution is 2.26. The summed E-state index contributed by atoms with van der Waals surface area (Å²) in [5.74, 6) is -0.826. The van der Waals surface area contributed by atoms with E-state index in [1.54, 1.807) is 6.92 Å². The normalized spacial score (nSPS) is 19.3. The average Bonchev–Trinajstić information content (AvgIpc) is 2.61. The number of nitrogens with one attached hydrogen (secondary N) is 1. The van der Waals surface area contributed by atoms with Crippen LogP contribution in [0.3, 0.4) is 0 Å². The molecule has 0 atom stereocenters. The highest BCUT2D eigenvalue weighted by Gasteiger charge is 2.29. The molecule has 118 valence electrons. The first kappa shape index (κ1) is 17.4. The number of esters is 1. The first-order valence-corrected chi connectivity index (χ1v) is 8.87. The molecule has 7 heteroatoms. The molecular formula is C13H25NO5S. The second-order valence-corrected chi connectivity index (χ2v) is 7.26. The van der Waals surface area contributed by atoms with E-state index in [1.807, 2.05) is 0 Å². The van der Waals surface area contributed by atoms with Crippen LogP contribution in [0, 0.1) is 0 Å². The molecule has 0 saturated heterocycles. The third kappa shape index (κ3) is 6.67. The number of sulfonamides is 1. The minimum absolute atomic E-state index is 0.0260. The zero-order valence-electron chi connectivity index (χ0n) is 12.1. The van der Waals surface area contributed by atoms with E-state index >= 15 is 0 Å². The van der Waals surface area contributed by atoms with Crippen LogP contribution in [-0.4, -0.2) is 44.0 Å². The van der Waals surface area contributed by atoms with Crippen molar-refractivity contribution in [3.63, 3.8) is 0 Å². The van der Waals surface area contributed by atoms with Crippen molar-refractivity contribution in [1.82, 2.24) is 4.72 Å². The van der Waals surface area contributed by atoms with Gasteiger partial charge in [0.15, 0.2) is 0 Å². The maximum Gasteiger partial charge on any atom is 0.306 e. The van der Waals surface area contributed by atoms with E-state index in [0.717, 1.165) is 25.7 Å². The number of ether oxygens (including phenoxy) is 1. The van der Waals surface area contributed by atoms with Crippen molar-refractivity contribution in [1.29, 1.82) is 0 Å². The van der Waals surface area contributed by atoms with Crippen LogP contribution in [0.15, 0.2) is 0 Å². The lowest BCUT2D eigenvalue weighted by Crippen LogP contribution is -2.43. The lowest BCUT2D eigenvalue weighted by Gasteiger charge is -2.26. The van der Waals surface area contributed by atoms with E-state index < -0.39 is 21.6 Å². The lowest BCUT2D eigenvalue weighted by atomic mass is 9.95. The smallest absolute Gasteiger partial charge is 0.306 e. The van der Waals surface area contributed by atoms with Crippen LogP contribution in [0.5, 0.6) is 0 Å². The van der Waals surface area contributed by atoms with Crippen molar-refractivity contribution in [2.24, 2.45) is 0 Å². The topological polar surface area (TPSA) is 92.7 Å². The Hall–Kier alpha value is -0.660. The quantitative estimate of drug-likeness (QED) is 0.539. The fraction of sp³-hybridized carbons (Fsp3) is 0.923. The van der Waals surface area contributed by atoms with Gasteiger partial charge in [-0.3, -0.25) is 4.79 Å². The number of hydrogen-bond donors (Lipinski definition) is 2. The van der Waals surface area contributed by atoms with Crippen LogP contribution >= 0.6 is 0 Å². The van der Waals surface area contributed by atoms with Gasteiger partial charge >= 0.3 is 5.97 Å². The van der Waals surface area contributed by atoms with Crippen LogP contribution in [0.2, 0.25) is 0 Å². The third-order valence-electron chi connectivity index (χ3n) is 3.54. The van der Waals surface area contributed by atoms with E-state index in [2.05, 4.69) is 9.46 Å². The lowest BCUT2D eigenvalue weighted by molar-refractivity contribution is -0.142. The molecule has 0 aromatic carbocycles. The first-order valence-electron chi connectivity index (χ1n) is 7.22. The fourth-order valence-electron chi connectivity index (χ4n) is 2.33. The Morgan fingerprint density at radius 3 is 2.40 bits per heavy atom. The monoisotopic (exact) mass is 307 g/mol.